The molecule has 0 saturated carbocycles. The van der Waals surface area contributed by atoms with Crippen molar-refractivity contribution in [3.8, 4) is 34.6 Å². The molecule has 0 unspecified atom stereocenters. The minimum absolute atomic E-state index is 0.382. The van der Waals surface area contributed by atoms with E-state index in [1.54, 1.807) is 0 Å². The molecule has 0 aliphatic heterocycles. The van der Waals surface area contributed by atoms with Crippen molar-refractivity contribution in [1.29, 1.82) is 10.5 Å². The fourth-order valence-electron chi connectivity index (χ4n) is 6.54. The van der Waals surface area contributed by atoms with Gasteiger partial charge in [0.1, 0.15) is 12.1 Å². The first-order valence-corrected chi connectivity index (χ1v) is 14.2. The molecule has 8 rings (SSSR count). The highest BCUT2D eigenvalue weighted by atomic mass is 15.0. The molecule has 0 aliphatic rings. The number of aryl methyl sites for hydroxylation is 1. The lowest BCUT2D eigenvalue weighted by atomic mass is 10.0. The molecule has 0 saturated heterocycles. The van der Waals surface area contributed by atoms with Crippen LogP contribution in [-0.2, 0) is 0 Å². The Balaban J connectivity index is 1.37. The molecule has 200 valence electrons. The Morgan fingerprint density at radius 1 is 0.465 bits per heavy atom. The monoisotopic (exact) mass is 548 g/mol. The molecule has 4 heteroatoms. The van der Waals surface area contributed by atoms with E-state index in [1.807, 2.05) is 25.1 Å². The van der Waals surface area contributed by atoms with Gasteiger partial charge in [0.25, 0.3) is 0 Å². The van der Waals surface area contributed by atoms with E-state index in [0.717, 1.165) is 49.9 Å². The Morgan fingerprint density at radius 3 is 1.77 bits per heavy atom. The van der Waals surface area contributed by atoms with Crippen LogP contribution < -0.4 is 0 Å². The van der Waals surface area contributed by atoms with E-state index in [4.69, 9.17) is 0 Å². The number of nitriles is 2. The van der Waals surface area contributed by atoms with Gasteiger partial charge in [0.2, 0.25) is 0 Å². The van der Waals surface area contributed by atoms with E-state index in [1.165, 1.54) is 21.8 Å². The fourth-order valence-corrected chi connectivity index (χ4v) is 6.54. The first kappa shape index (κ1) is 24.7. The molecule has 8 aromatic rings. The summed E-state index contributed by atoms with van der Waals surface area (Å²) < 4.78 is 4.56. The molecule has 43 heavy (non-hydrogen) atoms. The summed E-state index contributed by atoms with van der Waals surface area (Å²) >= 11 is 0. The number of hydrogen-bond acceptors (Lipinski definition) is 2. The van der Waals surface area contributed by atoms with E-state index < -0.39 is 0 Å². The van der Waals surface area contributed by atoms with Crippen LogP contribution in [0.1, 0.15) is 16.7 Å². The van der Waals surface area contributed by atoms with Gasteiger partial charge in [-0.25, -0.2) is 0 Å². The second kappa shape index (κ2) is 9.48. The van der Waals surface area contributed by atoms with E-state index >= 15 is 0 Å². The number of fused-ring (bicyclic) bond motifs is 6. The summed E-state index contributed by atoms with van der Waals surface area (Å²) in [5.74, 6) is 0. The van der Waals surface area contributed by atoms with Gasteiger partial charge in [-0.3, -0.25) is 0 Å². The van der Waals surface area contributed by atoms with Crippen molar-refractivity contribution in [1.82, 2.24) is 9.13 Å². The van der Waals surface area contributed by atoms with Gasteiger partial charge in [0, 0.05) is 27.2 Å². The number of benzene rings is 6. The normalized spacial score (nSPS) is 11.3. The number of hydrogen-bond donors (Lipinski definition) is 0. The number of rotatable bonds is 3. The van der Waals surface area contributed by atoms with Crippen LogP contribution >= 0.6 is 0 Å². The van der Waals surface area contributed by atoms with Crippen molar-refractivity contribution < 1.29 is 0 Å². The van der Waals surface area contributed by atoms with E-state index in [9.17, 15) is 10.5 Å². The lowest BCUT2D eigenvalue weighted by Crippen LogP contribution is -1.99. The highest BCUT2D eigenvalue weighted by Crippen LogP contribution is 2.38. The molecular formula is C39H24N4. The summed E-state index contributed by atoms with van der Waals surface area (Å²) in [7, 11) is 0. The average molecular weight is 549 g/mol. The van der Waals surface area contributed by atoms with Crippen LogP contribution in [0.4, 0.5) is 0 Å². The first-order chi connectivity index (χ1) is 21.2. The van der Waals surface area contributed by atoms with Gasteiger partial charge >= 0.3 is 0 Å². The topological polar surface area (TPSA) is 57.4 Å². The van der Waals surface area contributed by atoms with Gasteiger partial charge in [-0.1, -0.05) is 72.8 Å². The van der Waals surface area contributed by atoms with E-state index in [0.29, 0.717) is 11.1 Å². The molecule has 2 aromatic heterocycles. The van der Waals surface area contributed by atoms with Crippen LogP contribution in [0.2, 0.25) is 0 Å². The van der Waals surface area contributed by atoms with Gasteiger partial charge in [0.05, 0.1) is 38.9 Å². The SMILES string of the molecule is Cc1cc(C#N)c(C#N)cc1-n1c2ccccc2c2cc(-c3ccc4c5ccccc5n(-c5ccccc5)c4c3)ccc21. The zero-order valence-corrected chi connectivity index (χ0v) is 23.4. The lowest BCUT2D eigenvalue weighted by molar-refractivity contribution is 1.14. The molecule has 4 nitrogen and oxygen atoms in total. The van der Waals surface area contributed by atoms with Crippen LogP contribution in [-0.4, -0.2) is 9.13 Å². The molecule has 0 aliphatic carbocycles. The summed E-state index contributed by atoms with van der Waals surface area (Å²) in [5, 5.41) is 24.1. The Labute approximate surface area is 248 Å². The summed E-state index contributed by atoms with van der Waals surface area (Å²) in [6.45, 7) is 1.99. The molecule has 6 aromatic carbocycles. The third-order valence-electron chi connectivity index (χ3n) is 8.51. The predicted octanol–water partition coefficient (Wildman–Crippen LogP) is 9.60. The molecular weight excluding hydrogens is 524 g/mol. The maximum absolute atomic E-state index is 9.75. The van der Waals surface area contributed by atoms with Crippen LogP contribution in [0.25, 0.3) is 66.1 Å². The first-order valence-electron chi connectivity index (χ1n) is 14.2. The number of aromatic nitrogens is 2. The average Bonchev–Trinajstić information content (AvgIpc) is 3.57. The molecule has 0 atom stereocenters. The second-order valence-electron chi connectivity index (χ2n) is 10.9. The Bertz CT molecular complexity index is 2480. The van der Waals surface area contributed by atoms with Gasteiger partial charge in [0.15, 0.2) is 0 Å². The van der Waals surface area contributed by atoms with Crippen molar-refractivity contribution in [2.75, 3.05) is 0 Å². The van der Waals surface area contributed by atoms with E-state index in [-0.39, 0.29) is 0 Å². The van der Waals surface area contributed by atoms with Crippen LogP contribution in [0.15, 0.2) is 127 Å². The zero-order valence-electron chi connectivity index (χ0n) is 23.4. The Hall–Kier alpha value is -6.10. The molecule has 0 amide bonds. The Kier molecular flexibility index (Phi) is 5.44. The van der Waals surface area contributed by atoms with Crippen molar-refractivity contribution in [2.45, 2.75) is 6.92 Å². The molecule has 2 heterocycles. The standard InChI is InChI=1S/C39H24N4/c1-25-19-28(23-40)29(24-41)22-38(25)43-36-14-8-6-12-32(36)34-20-26(16-18-37(34)43)27-15-17-33-31-11-5-7-13-35(31)42(39(33)21-27)30-9-3-2-4-10-30/h2-22H,1H3. The number of nitrogens with zero attached hydrogens (tertiary/aromatic N) is 4. The lowest BCUT2D eigenvalue weighted by Gasteiger charge is -2.13. The number of para-hydroxylation sites is 3. The highest BCUT2D eigenvalue weighted by Gasteiger charge is 2.18. The maximum atomic E-state index is 9.75. The molecule has 0 radical (unpaired) electrons. The van der Waals surface area contributed by atoms with Crippen LogP contribution in [0, 0.1) is 29.6 Å². The molecule has 0 fully saturated rings. The van der Waals surface area contributed by atoms with Crippen molar-refractivity contribution in [2.24, 2.45) is 0 Å². The summed E-state index contributed by atoms with van der Waals surface area (Å²) in [6, 6.07) is 48.9. The van der Waals surface area contributed by atoms with Crippen molar-refractivity contribution >= 4 is 43.6 Å². The van der Waals surface area contributed by atoms with Gasteiger partial charge in [-0.05, 0) is 78.2 Å². The van der Waals surface area contributed by atoms with Gasteiger partial charge < -0.3 is 9.13 Å². The quantitative estimate of drug-likeness (QED) is 0.221. The van der Waals surface area contributed by atoms with Crippen molar-refractivity contribution in [3.63, 3.8) is 0 Å². The fraction of sp³-hybridized carbons (Fsp3) is 0.0256. The minimum atomic E-state index is 0.382. The Morgan fingerprint density at radius 2 is 1.02 bits per heavy atom. The maximum Gasteiger partial charge on any atom is 0.101 e. The van der Waals surface area contributed by atoms with Gasteiger partial charge in [-0.15, -0.1) is 0 Å². The van der Waals surface area contributed by atoms with Crippen LogP contribution in [0.3, 0.4) is 0 Å². The highest BCUT2D eigenvalue weighted by molar-refractivity contribution is 6.12. The summed E-state index contributed by atoms with van der Waals surface area (Å²) in [4.78, 5) is 0. The minimum Gasteiger partial charge on any atom is -0.309 e. The van der Waals surface area contributed by atoms with Gasteiger partial charge in [-0.2, -0.15) is 10.5 Å². The van der Waals surface area contributed by atoms with E-state index in [2.05, 4.69) is 130 Å². The van der Waals surface area contributed by atoms with Crippen LogP contribution in [0.5, 0.6) is 0 Å². The smallest absolute Gasteiger partial charge is 0.101 e. The zero-order chi connectivity index (χ0) is 29.1. The molecule has 0 bridgehead atoms. The second-order valence-corrected chi connectivity index (χ2v) is 10.9. The third kappa shape index (κ3) is 3.68. The predicted molar refractivity (Wildman–Crippen MR) is 175 cm³/mol. The largest absolute Gasteiger partial charge is 0.309 e. The molecule has 0 N–H and O–H groups in total. The van der Waals surface area contributed by atoms with Crippen molar-refractivity contribution in [3.05, 3.63) is 144 Å². The molecule has 0 spiro atoms. The summed E-state index contributed by atoms with van der Waals surface area (Å²) in [6.07, 6.45) is 0. The third-order valence-corrected chi connectivity index (χ3v) is 8.51. The summed E-state index contributed by atoms with van der Waals surface area (Å²) in [5.41, 5.74) is 10.5.